The predicted octanol–water partition coefficient (Wildman–Crippen LogP) is 0.888. The molecule has 3 saturated heterocycles. The van der Waals surface area contributed by atoms with E-state index in [4.69, 9.17) is 9.47 Å². The molecule has 45 heavy (non-hydrogen) atoms. The number of para-hydroxylation sites is 1. The molecule has 3 N–H and O–H groups in total. The Morgan fingerprint density at radius 1 is 0.956 bits per heavy atom. The fourth-order valence-electron chi connectivity index (χ4n) is 6.12. The molecule has 4 amide bonds. The van der Waals surface area contributed by atoms with Gasteiger partial charge in [0.2, 0.25) is 17.7 Å². The molecule has 0 unspecified atom stereocenters. The van der Waals surface area contributed by atoms with Crippen LogP contribution in [0.1, 0.15) is 35.2 Å². The quantitative estimate of drug-likeness (QED) is 0.457. The fraction of sp³-hybridized carbons (Fsp3) is 0.500. The number of hydrogen-bond donors (Lipinski definition) is 3. The highest BCUT2D eigenvalue weighted by molar-refractivity contribution is 5.94. The number of fused-ring (bicyclic) bond motifs is 1. The number of nitrogens with zero attached hydrogens (tertiary/aromatic N) is 3. The zero-order chi connectivity index (χ0) is 31.8. The highest BCUT2D eigenvalue weighted by Crippen LogP contribution is 2.29. The number of phenolic OH excluding ortho intramolecular Hbond substituents is 1. The zero-order valence-electron chi connectivity index (χ0n) is 25.2. The van der Waals surface area contributed by atoms with Crippen molar-refractivity contribution in [1.29, 1.82) is 0 Å². The van der Waals surface area contributed by atoms with E-state index in [-0.39, 0.29) is 95.0 Å². The lowest BCUT2D eigenvalue weighted by atomic mass is 9.83. The van der Waals surface area contributed by atoms with Crippen LogP contribution in [0.3, 0.4) is 0 Å². The van der Waals surface area contributed by atoms with E-state index >= 15 is 0 Å². The van der Waals surface area contributed by atoms with E-state index in [9.17, 15) is 28.7 Å². The molecule has 13 heteroatoms. The number of phenols is 1. The number of carbonyl (C=O) groups excluding carboxylic acids is 4. The smallest absolute Gasteiger partial charge is 0.253 e. The molecule has 2 aromatic carbocycles. The Bertz CT molecular complexity index is 1370. The number of benzene rings is 2. The van der Waals surface area contributed by atoms with Gasteiger partial charge in [-0.3, -0.25) is 24.1 Å². The monoisotopic (exact) mass is 625 g/mol. The van der Waals surface area contributed by atoms with Crippen LogP contribution in [0.5, 0.6) is 5.75 Å². The van der Waals surface area contributed by atoms with Crippen molar-refractivity contribution in [3.05, 3.63) is 65.5 Å². The van der Waals surface area contributed by atoms with Crippen LogP contribution < -0.4 is 10.6 Å². The Morgan fingerprint density at radius 2 is 1.69 bits per heavy atom. The number of halogens is 1. The summed E-state index contributed by atoms with van der Waals surface area (Å²) < 4.78 is 24.4. The number of amides is 4. The lowest BCUT2D eigenvalue weighted by Crippen LogP contribution is -2.63. The lowest BCUT2D eigenvalue weighted by molar-refractivity contribution is -0.146. The minimum Gasteiger partial charge on any atom is -0.508 e. The molecule has 242 valence electrons. The van der Waals surface area contributed by atoms with Crippen LogP contribution in [0.25, 0.3) is 0 Å². The normalized spacial score (nSPS) is 22.4. The van der Waals surface area contributed by atoms with Gasteiger partial charge in [0.05, 0.1) is 31.8 Å². The summed E-state index contributed by atoms with van der Waals surface area (Å²) in [7, 11) is 0. The molecule has 3 aliphatic rings. The van der Waals surface area contributed by atoms with Crippen molar-refractivity contribution < 1.29 is 38.1 Å². The van der Waals surface area contributed by atoms with Gasteiger partial charge in [-0.2, -0.15) is 0 Å². The number of nitrogens with one attached hydrogen (secondary N) is 2. The number of aromatic hydroxyl groups is 1. The Labute approximate surface area is 261 Å². The minimum absolute atomic E-state index is 0.0519. The number of likely N-dealkylation sites (tertiary alicyclic amines) is 1. The molecule has 2 aromatic rings. The van der Waals surface area contributed by atoms with Gasteiger partial charge >= 0.3 is 0 Å². The molecule has 0 aromatic heterocycles. The Balaban J connectivity index is 1.33. The third-order valence-corrected chi connectivity index (χ3v) is 8.62. The first-order chi connectivity index (χ1) is 21.7. The lowest BCUT2D eigenvalue weighted by Gasteiger charge is -2.45. The summed E-state index contributed by atoms with van der Waals surface area (Å²) in [6, 6.07) is 11.6. The molecule has 1 atom stereocenters. The maximum absolute atomic E-state index is 14.0. The first kappa shape index (κ1) is 32.3. The first-order valence-electron chi connectivity index (χ1n) is 15.3. The van der Waals surface area contributed by atoms with Crippen LogP contribution in [0.2, 0.25) is 0 Å². The van der Waals surface area contributed by atoms with E-state index in [1.54, 1.807) is 21.9 Å². The van der Waals surface area contributed by atoms with Crippen molar-refractivity contribution in [3.8, 4) is 5.75 Å². The van der Waals surface area contributed by atoms with Gasteiger partial charge in [0.1, 0.15) is 24.2 Å². The number of piperazine rings is 1. The van der Waals surface area contributed by atoms with Gasteiger partial charge in [-0.15, -0.1) is 0 Å². The second-order valence-corrected chi connectivity index (χ2v) is 11.7. The molecule has 12 nitrogen and oxygen atoms in total. The second-order valence-electron chi connectivity index (χ2n) is 11.7. The van der Waals surface area contributed by atoms with Crippen LogP contribution in [0.15, 0.2) is 48.5 Å². The highest BCUT2D eigenvalue weighted by Gasteiger charge is 2.43. The number of piperidine rings is 1. The number of ether oxygens (including phenoxy) is 2. The van der Waals surface area contributed by atoms with Crippen LogP contribution in [0.4, 0.5) is 4.39 Å². The van der Waals surface area contributed by atoms with Crippen LogP contribution in [-0.4, -0.2) is 121 Å². The van der Waals surface area contributed by atoms with Crippen molar-refractivity contribution in [1.82, 2.24) is 25.3 Å². The Kier molecular flexibility index (Phi) is 10.6. The van der Waals surface area contributed by atoms with Gasteiger partial charge in [-0.25, -0.2) is 4.39 Å². The third-order valence-electron chi connectivity index (χ3n) is 8.62. The summed E-state index contributed by atoms with van der Waals surface area (Å²) in [5, 5.41) is 16.2. The molecule has 0 aliphatic carbocycles. The summed E-state index contributed by atoms with van der Waals surface area (Å²) in [6.07, 6.45) is 0.568. The average molecular weight is 626 g/mol. The van der Waals surface area contributed by atoms with Crippen molar-refractivity contribution >= 4 is 23.6 Å². The second kappa shape index (κ2) is 14.8. The molecular formula is C32H40FN5O7. The van der Waals surface area contributed by atoms with Crippen LogP contribution >= 0.6 is 0 Å². The van der Waals surface area contributed by atoms with Crippen molar-refractivity contribution in [3.63, 3.8) is 0 Å². The first-order valence-corrected chi connectivity index (χ1v) is 15.3. The third kappa shape index (κ3) is 8.35. The zero-order valence-corrected chi connectivity index (χ0v) is 25.2. The van der Waals surface area contributed by atoms with Crippen molar-refractivity contribution in [2.75, 3.05) is 65.7 Å². The molecule has 0 saturated carbocycles. The van der Waals surface area contributed by atoms with Crippen molar-refractivity contribution in [2.45, 2.75) is 37.4 Å². The SMILES string of the molecule is O=C1COCCOCCNC(=O)[C@@H]2CN(Cc3ccccc3O)CCN2C(=O)CC2(CCN(C(=O)c3ccc(F)cc3)CC2)N1. The number of rotatable bonds is 3. The highest BCUT2D eigenvalue weighted by atomic mass is 19.1. The van der Waals surface area contributed by atoms with E-state index in [1.807, 2.05) is 17.0 Å². The van der Waals surface area contributed by atoms with Crippen LogP contribution in [-0.2, 0) is 30.4 Å². The van der Waals surface area contributed by atoms with E-state index in [1.165, 1.54) is 24.3 Å². The van der Waals surface area contributed by atoms with Crippen LogP contribution in [0, 0.1) is 5.82 Å². The molecule has 3 fully saturated rings. The largest absolute Gasteiger partial charge is 0.508 e. The minimum atomic E-state index is -0.960. The Hall–Kier alpha value is -4.07. The molecular weight excluding hydrogens is 585 g/mol. The van der Waals surface area contributed by atoms with Crippen molar-refractivity contribution in [2.24, 2.45) is 0 Å². The summed E-state index contributed by atoms with van der Waals surface area (Å²) in [5.41, 5.74) is 0.125. The van der Waals surface area contributed by atoms with Gasteiger partial charge < -0.3 is 35.0 Å². The number of carbonyl (C=O) groups is 4. The van der Waals surface area contributed by atoms with Gasteiger partial charge in [0.25, 0.3) is 5.91 Å². The summed E-state index contributed by atoms with van der Waals surface area (Å²) >= 11 is 0. The maximum atomic E-state index is 14.0. The molecule has 0 bridgehead atoms. The van der Waals surface area contributed by atoms with E-state index in [0.717, 1.165) is 5.56 Å². The topological polar surface area (TPSA) is 141 Å². The Morgan fingerprint density at radius 3 is 2.44 bits per heavy atom. The van der Waals surface area contributed by atoms with Gasteiger partial charge in [-0.05, 0) is 43.2 Å². The van der Waals surface area contributed by atoms with Gasteiger partial charge in [0, 0.05) is 56.9 Å². The van der Waals surface area contributed by atoms with E-state index < -0.39 is 17.4 Å². The summed E-state index contributed by atoms with van der Waals surface area (Å²) in [5.74, 6) is -1.49. The molecule has 3 aliphatic heterocycles. The maximum Gasteiger partial charge on any atom is 0.253 e. The summed E-state index contributed by atoms with van der Waals surface area (Å²) in [4.78, 5) is 58.8. The molecule has 0 radical (unpaired) electrons. The van der Waals surface area contributed by atoms with Gasteiger partial charge in [0.15, 0.2) is 0 Å². The standard InChI is InChI=1S/C32H40FN5O7/c33-25-7-5-23(6-8-25)31(43)37-12-9-32(10-13-37)19-29(41)38-15-14-36(20-24-3-1-2-4-27(24)39)21-26(38)30(42)34-11-16-44-17-18-45-22-28(40)35-32/h1-8,26,39H,9-22H2,(H,34,42)(H,35,40)/t26-/m0/s1. The predicted molar refractivity (Wildman–Crippen MR) is 161 cm³/mol. The summed E-state index contributed by atoms with van der Waals surface area (Å²) in [6.45, 7) is 2.72. The average Bonchev–Trinajstić information content (AvgIpc) is 3.03. The molecule has 5 rings (SSSR count). The molecule has 1 spiro atoms. The molecule has 3 heterocycles. The van der Waals surface area contributed by atoms with E-state index in [0.29, 0.717) is 31.5 Å². The van der Waals surface area contributed by atoms with Gasteiger partial charge in [-0.1, -0.05) is 18.2 Å². The number of hydrogen-bond acceptors (Lipinski definition) is 8. The fourth-order valence-corrected chi connectivity index (χ4v) is 6.12. The van der Waals surface area contributed by atoms with E-state index in [2.05, 4.69) is 10.6 Å².